The van der Waals surface area contributed by atoms with Gasteiger partial charge in [-0.3, -0.25) is 4.79 Å². The number of nitrogen functional groups attached to an aromatic ring is 1. The number of nitrogens with one attached hydrogen (secondary N) is 1. The molecule has 1 saturated carbocycles. The number of carbonyl (C=O) groups is 1. The van der Waals surface area contributed by atoms with Gasteiger partial charge in [-0.2, -0.15) is 0 Å². The monoisotopic (exact) mass is 388 g/mol. The topological polar surface area (TPSA) is 116 Å². The zero-order valence-electron chi connectivity index (χ0n) is 15.4. The maximum atomic E-state index is 14.6. The number of amides is 1. The van der Waals surface area contributed by atoms with E-state index >= 15 is 0 Å². The summed E-state index contributed by atoms with van der Waals surface area (Å²) in [5, 5.41) is 2.77. The van der Waals surface area contributed by atoms with Crippen LogP contribution in [0, 0.1) is 11.6 Å². The fourth-order valence-corrected chi connectivity index (χ4v) is 3.08. The van der Waals surface area contributed by atoms with Crippen LogP contribution in [0.25, 0.3) is 16.8 Å². The summed E-state index contributed by atoms with van der Waals surface area (Å²) >= 11 is 0. The summed E-state index contributed by atoms with van der Waals surface area (Å²) in [6.45, 7) is 0. The van der Waals surface area contributed by atoms with Crippen molar-refractivity contribution in [1.29, 1.82) is 0 Å². The Bertz CT molecular complexity index is 955. The van der Waals surface area contributed by atoms with E-state index in [0.717, 1.165) is 25.3 Å². The van der Waals surface area contributed by atoms with Crippen LogP contribution in [0.1, 0.15) is 24.8 Å². The lowest BCUT2D eigenvalue weighted by Gasteiger charge is -2.26. The Morgan fingerprint density at radius 1 is 1.11 bits per heavy atom. The first-order valence-electron chi connectivity index (χ1n) is 8.82. The van der Waals surface area contributed by atoms with Crippen molar-refractivity contribution in [2.24, 2.45) is 11.5 Å². The van der Waals surface area contributed by atoms with Crippen LogP contribution in [0.2, 0.25) is 0 Å². The van der Waals surface area contributed by atoms with Crippen molar-refractivity contribution in [3.8, 4) is 16.9 Å². The first-order chi connectivity index (χ1) is 13.3. The Morgan fingerprint density at radius 2 is 1.79 bits per heavy atom. The minimum absolute atomic E-state index is 0.0719. The highest BCUT2D eigenvalue weighted by atomic mass is 19.1. The van der Waals surface area contributed by atoms with Crippen LogP contribution < -0.4 is 27.3 Å². The summed E-state index contributed by atoms with van der Waals surface area (Å²) in [6.07, 6.45) is 2.81. The quantitative estimate of drug-likeness (QED) is 0.464. The number of rotatable bonds is 5. The van der Waals surface area contributed by atoms with E-state index in [1.54, 1.807) is 0 Å². The minimum Gasteiger partial charge on any atom is -0.496 e. The third kappa shape index (κ3) is 3.45. The molecule has 0 atom stereocenters. The predicted molar refractivity (Wildman–Crippen MR) is 104 cm³/mol. The molecule has 0 unspecified atom stereocenters. The van der Waals surface area contributed by atoms with Crippen molar-refractivity contribution in [2.45, 2.75) is 25.3 Å². The molecule has 0 aliphatic heterocycles. The molecule has 0 aromatic heterocycles. The van der Waals surface area contributed by atoms with Crippen molar-refractivity contribution in [3.05, 3.63) is 53.2 Å². The van der Waals surface area contributed by atoms with Gasteiger partial charge >= 0.3 is 0 Å². The molecule has 8 heteroatoms. The van der Waals surface area contributed by atoms with Crippen molar-refractivity contribution in [1.82, 2.24) is 5.32 Å². The molecule has 1 fully saturated rings. The first-order valence-corrected chi connectivity index (χ1v) is 8.82. The van der Waals surface area contributed by atoms with Crippen molar-refractivity contribution < 1.29 is 18.3 Å². The van der Waals surface area contributed by atoms with Crippen LogP contribution in [0.3, 0.4) is 0 Å². The fraction of sp³-hybridized carbons (Fsp3) is 0.250. The molecule has 0 heterocycles. The van der Waals surface area contributed by atoms with Crippen LogP contribution >= 0.6 is 0 Å². The average molecular weight is 388 g/mol. The summed E-state index contributed by atoms with van der Waals surface area (Å²) in [4.78, 5) is 12.3. The van der Waals surface area contributed by atoms with Gasteiger partial charge in [0.2, 0.25) is 0 Å². The van der Waals surface area contributed by atoms with E-state index in [4.69, 9.17) is 21.9 Å². The van der Waals surface area contributed by atoms with Crippen LogP contribution in [-0.4, -0.2) is 19.1 Å². The molecule has 0 saturated heterocycles. The fourth-order valence-electron chi connectivity index (χ4n) is 3.08. The second-order valence-electron chi connectivity index (χ2n) is 6.63. The van der Waals surface area contributed by atoms with E-state index in [2.05, 4.69) is 5.32 Å². The van der Waals surface area contributed by atoms with E-state index < -0.39 is 17.5 Å². The molecule has 148 valence electrons. The minimum atomic E-state index is -0.755. The average Bonchev–Trinajstić information content (AvgIpc) is 2.64. The number of hydrogen-bond acceptors (Lipinski definition) is 5. The lowest BCUT2D eigenvalue weighted by molar-refractivity contribution is -0.118. The number of anilines is 1. The lowest BCUT2D eigenvalue weighted by atomic mass is 9.93. The third-order valence-electron chi connectivity index (χ3n) is 4.91. The molecule has 1 amide bonds. The van der Waals surface area contributed by atoms with E-state index in [0.29, 0.717) is 0 Å². The molecule has 1 aliphatic rings. The molecule has 0 bridgehead atoms. The highest BCUT2D eigenvalue weighted by Gasteiger charge is 2.24. The number of methoxy groups -OCH3 is 1. The molecule has 2 aromatic rings. The van der Waals surface area contributed by atoms with Crippen molar-refractivity contribution in [3.63, 3.8) is 0 Å². The molecular formula is C20H22F2N4O2. The molecule has 28 heavy (non-hydrogen) atoms. The van der Waals surface area contributed by atoms with Gasteiger partial charge in [-0.05, 0) is 43.5 Å². The van der Waals surface area contributed by atoms with Gasteiger partial charge in [0.15, 0.2) is 0 Å². The Labute approximate surface area is 161 Å². The summed E-state index contributed by atoms with van der Waals surface area (Å²) in [5.41, 5.74) is 17.4. The summed E-state index contributed by atoms with van der Waals surface area (Å²) in [5.74, 6) is -1.87. The maximum absolute atomic E-state index is 14.6. The first kappa shape index (κ1) is 19.5. The summed E-state index contributed by atoms with van der Waals surface area (Å²) in [7, 11) is 1.34. The van der Waals surface area contributed by atoms with Crippen LogP contribution in [0.15, 0.2) is 36.0 Å². The molecular weight excluding hydrogens is 366 g/mol. The molecule has 7 N–H and O–H groups in total. The van der Waals surface area contributed by atoms with E-state index in [9.17, 15) is 13.6 Å². The molecule has 2 aromatic carbocycles. The number of halogens is 2. The zero-order chi connectivity index (χ0) is 20.4. The predicted octanol–water partition coefficient (Wildman–Crippen LogP) is 2.48. The molecule has 6 nitrogen and oxygen atoms in total. The second kappa shape index (κ2) is 7.75. The van der Waals surface area contributed by atoms with Gasteiger partial charge in [-0.1, -0.05) is 6.07 Å². The standard InChI is InChI=1S/C20H22F2N4O2/c1-28-14-7-3-6-12(21)15(14)16-13(22)9-8-11(17(16)23)18(24)19(25)20(27)26-10-4-2-5-10/h3,6-10H,2,4-5,23-25H2,1H3,(H,26,27)/b19-18+. The Kier molecular flexibility index (Phi) is 5.39. The van der Waals surface area contributed by atoms with Gasteiger partial charge in [0.1, 0.15) is 23.1 Å². The van der Waals surface area contributed by atoms with Crippen LogP contribution in [-0.2, 0) is 4.79 Å². The van der Waals surface area contributed by atoms with E-state index in [1.165, 1.54) is 31.4 Å². The summed E-state index contributed by atoms with van der Waals surface area (Å²) in [6, 6.07) is 6.57. The van der Waals surface area contributed by atoms with Gasteiger partial charge in [-0.25, -0.2) is 8.78 Å². The number of ether oxygens (including phenoxy) is 1. The molecule has 0 radical (unpaired) electrons. The van der Waals surface area contributed by atoms with Crippen molar-refractivity contribution >= 4 is 17.3 Å². The second-order valence-corrected chi connectivity index (χ2v) is 6.63. The number of carbonyl (C=O) groups excluding carboxylic acids is 1. The highest BCUT2D eigenvalue weighted by Crippen LogP contribution is 2.40. The Hall–Kier alpha value is -3.29. The van der Waals surface area contributed by atoms with Gasteiger partial charge in [-0.15, -0.1) is 0 Å². The van der Waals surface area contributed by atoms with Crippen LogP contribution in [0.5, 0.6) is 5.75 Å². The number of hydrogen-bond donors (Lipinski definition) is 4. The van der Waals surface area contributed by atoms with Gasteiger partial charge in [0.25, 0.3) is 5.91 Å². The van der Waals surface area contributed by atoms with E-state index in [1.807, 2.05) is 0 Å². The molecule has 3 rings (SSSR count). The van der Waals surface area contributed by atoms with Gasteiger partial charge in [0.05, 0.1) is 24.1 Å². The van der Waals surface area contributed by atoms with Gasteiger partial charge < -0.3 is 27.3 Å². The zero-order valence-corrected chi connectivity index (χ0v) is 15.4. The summed E-state index contributed by atoms with van der Waals surface area (Å²) < 4.78 is 34.2. The van der Waals surface area contributed by atoms with Crippen molar-refractivity contribution in [2.75, 3.05) is 12.8 Å². The van der Waals surface area contributed by atoms with Crippen LogP contribution in [0.4, 0.5) is 14.5 Å². The third-order valence-corrected chi connectivity index (χ3v) is 4.91. The molecule has 0 spiro atoms. The Morgan fingerprint density at radius 3 is 2.39 bits per heavy atom. The normalized spacial score (nSPS) is 14.8. The SMILES string of the molecule is COc1cccc(F)c1-c1c(F)ccc(/C(N)=C(\N)C(=O)NC2CCC2)c1N. The smallest absolute Gasteiger partial charge is 0.269 e. The van der Waals surface area contributed by atoms with Gasteiger partial charge in [0, 0.05) is 17.2 Å². The number of benzene rings is 2. The highest BCUT2D eigenvalue weighted by molar-refractivity contribution is 6.02. The lowest BCUT2D eigenvalue weighted by Crippen LogP contribution is -2.42. The molecule has 1 aliphatic carbocycles. The maximum Gasteiger partial charge on any atom is 0.269 e. The number of nitrogens with two attached hydrogens (primary N) is 3. The largest absolute Gasteiger partial charge is 0.496 e. The Balaban J connectivity index is 2.09. The van der Waals surface area contributed by atoms with E-state index in [-0.39, 0.29) is 45.6 Å².